The third kappa shape index (κ3) is 4.20. The predicted octanol–water partition coefficient (Wildman–Crippen LogP) is 3.79. The predicted molar refractivity (Wildman–Crippen MR) is 57.7 cm³/mol. The van der Waals surface area contributed by atoms with Gasteiger partial charge in [0, 0.05) is 23.2 Å². The molecule has 1 aromatic rings. The second-order valence-corrected chi connectivity index (χ2v) is 4.19. The molecule has 0 N–H and O–H groups in total. The van der Waals surface area contributed by atoms with Gasteiger partial charge in [-0.1, -0.05) is 29.3 Å². The van der Waals surface area contributed by atoms with Gasteiger partial charge in [-0.05, 0) is 13.1 Å². The first kappa shape index (κ1) is 13.6. The van der Waals surface area contributed by atoms with Gasteiger partial charge in [-0.15, -0.1) is 0 Å². The van der Waals surface area contributed by atoms with Gasteiger partial charge < -0.3 is 0 Å². The van der Waals surface area contributed by atoms with Crippen LogP contribution in [0.4, 0.5) is 13.2 Å². The zero-order valence-corrected chi connectivity index (χ0v) is 9.92. The summed E-state index contributed by atoms with van der Waals surface area (Å²) in [7, 11) is 1.35. The Morgan fingerprint density at radius 1 is 1.38 bits per heavy atom. The van der Waals surface area contributed by atoms with Gasteiger partial charge in [-0.3, -0.25) is 4.90 Å². The highest BCUT2D eigenvalue weighted by atomic mass is 35.5. The Kier molecular flexibility index (Phi) is 4.47. The van der Waals surface area contributed by atoms with Crippen molar-refractivity contribution in [1.29, 1.82) is 0 Å². The average molecular weight is 271 g/mol. The van der Waals surface area contributed by atoms with E-state index in [-0.39, 0.29) is 11.6 Å². The van der Waals surface area contributed by atoms with E-state index in [0.717, 1.165) is 4.90 Å². The third-order valence-electron chi connectivity index (χ3n) is 1.87. The first-order valence-electron chi connectivity index (χ1n) is 4.39. The molecule has 0 unspecified atom stereocenters. The van der Waals surface area contributed by atoms with Gasteiger partial charge in [-0.25, -0.2) is 0 Å². The largest absolute Gasteiger partial charge is 0.401 e. The Balaban J connectivity index is 2.73. The van der Waals surface area contributed by atoms with Gasteiger partial charge in [-0.2, -0.15) is 13.2 Å². The summed E-state index contributed by atoms with van der Waals surface area (Å²) in [5, 5.41) is 0.597. The van der Waals surface area contributed by atoms with Gasteiger partial charge in [0.15, 0.2) is 0 Å². The molecule has 0 aliphatic rings. The lowest BCUT2D eigenvalue weighted by atomic mass is 10.2. The number of nitrogens with zero attached hydrogens (tertiary/aromatic N) is 1. The standard InChI is InChI=1S/C10H9Cl2F3N/c1-16(6-10(13,14)15)5-7-8(11)3-2-4-9(7)12/h2-3H,5-6H2,1H3. The molecule has 0 amide bonds. The molecule has 0 bridgehead atoms. The quantitative estimate of drug-likeness (QED) is 0.808. The Morgan fingerprint density at radius 2 is 2.00 bits per heavy atom. The van der Waals surface area contributed by atoms with E-state index >= 15 is 0 Å². The van der Waals surface area contributed by atoms with E-state index in [2.05, 4.69) is 6.07 Å². The maximum atomic E-state index is 12.1. The molecule has 0 fully saturated rings. The molecular formula is C10H9Cl2F3N. The lowest BCUT2D eigenvalue weighted by molar-refractivity contribution is -0.144. The van der Waals surface area contributed by atoms with Crippen molar-refractivity contribution in [2.45, 2.75) is 12.7 Å². The topological polar surface area (TPSA) is 3.24 Å². The number of hydrogen-bond acceptors (Lipinski definition) is 1. The maximum absolute atomic E-state index is 12.1. The molecule has 0 saturated heterocycles. The van der Waals surface area contributed by atoms with Gasteiger partial charge in [0.05, 0.1) is 11.6 Å². The molecule has 0 aromatic heterocycles. The van der Waals surface area contributed by atoms with Crippen LogP contribution >= 0.6 is 23.2 Å². The molecule has 0 atom stereocenters. The van der Waals surface area contributed by atoms with Crippen molar-refractivity contribution in [2.24, 2.45) is 0 Å². The summed E-state index contributed by atoms with van der Waals surface area (Å²) in [6, 6.07) is 5.75. The molecule has 0 saturated carbocycles. The van der Waals surface area contributed by atoms with Crippen LogP contribution in [0.25, 0.3) is 0 Å². The number of rotatable bonds is 3. The smallest absolute Gasteiger partial charge is 0.294 e. The van der Waals surface area contributed by atoms with Crippen molar-refractivity contribution >= 4 is 23.2 Å². The molecular weight excluding hydrogens is 262 g/mol. The van der Waals surface area contributed by atoms with Crippen LogP contribution in [0.3, 0.4) is 0 Å². The molecule has 1 radical (unpaired) electrons. The minimum atomic E-state index is -4.23. The van der Waals surface area contributed by atoms with E-state index in [1.807, 2.05) is 0 Å². The summed E-state index contributed by atoms with van der Waals surface area (Å²) in [5.41, 5.74) is 0.456. The van der Waals surface area contributed by atoms with Crippen LogP contribution in [0.1, 0.15) is 5.56 Å². The minimum Gasteiger partial charge on any atom is -0.294 e. The molecule has 89 valence electrons. The number of halogens is 5. The average Bonchev–Trinajstić information content (AvgIpc) is 2.08. The van der Waals surface area contributed by atoms with E-state index in [0.29, 0.717) is 10.6 Å². The highest BCUT2D eigenvalue weighted by Crippen LogP contribution is 2.26. The van der Waals surface area contributed by atoms with Crippen molar-refractivity contribution in [3.63, 3.8) is 0 Å². The van der Waals surface area contributed by atoms with Crippen LogP contribution < -0.4 is 0 Å². The Labute approximate surface area is 102 Å². The van der Waals surface area contributed by atoms with Gasteiger partial charge in [0.25, 0.3) is 0 Å². The molecule has 16 heavy (non-hydrogen) atoms. The Bertz CT molecular complexity index is 345. The van der Waals surface area contributed by atoms with E-state index in [9.17, 15) is 13.2 Å². The molecule has 1 nitrogen and oxygen atoms in total. The number of hydrogen-bond donors (Lipinski definition) is 0. The van der Waals surface area contributed by atoms with Crippen molar-refractivity contribution in [3.05, 3.63) is 33.8 Å². The fourth-order valence-corrected chi connectivity index (χ4v) is 1.75. The first-order chi connectivity index (χ1) is 7.29. The Hall–Kier alpha value is -0.450. The van der Waals surface area contributed by atoms with Crippen LogP contribution in [0, 0.1) is 6.07 Å². The summed E-state index contributed by atoms with van der Waals surface area (Å²) in [6.45, 7) is -0.969. The maximum Gasteiger partial charge on any atom is 0.401 e. The molecule has 0 aliphatic heterocycles. The zero-order valence-electron chi connectivity index (χ0n) is 8.41. The molecule has 0 spiro atoms. The van der Waals surface area contributed by atoms with Gasteiger partial charge in [0.1, 0.15) is 0 Å². The van der Waals surface area contributed by atoms with Crippen molar-refractivity contribution < 1.29 is 13.2 Å². The summed E-state index contributed by atoms with van der Waals surface area (Å²) in [5.74, 6) is 0. The van der Waals surface area contributed by atoms with Gasteiger partial charge in [0.2, 0.25) is 0 Å². The van der Waals surface area contributed by atoms with Crippen LogP contribution in [-0.4, -0.2) is 24.7 Å². The Morgan fingerprint density at radius 3 is 2.50 bits per heavy atom. The van der Waals surface area contributed by atoms with E-state index in [4.69, 9.17) is 23.2 Å². The SMILES string of the molecule is CN(Cc1c(Cl)[c]ccc1Cl)CC(F)(F)F. The lowest BCUT2D eigenvalue weighted by Crippen LogP contribution is -2.30. The molecule has 0 aliphatic carbocycles. The van der Waals surface area contributed by atoms with E-state index < -0.39 is 12.7 Å². The van der Waals surface area contributed by atoms with Crippen LogP contribution in [0.2, 0.25) is 10.0 Å². The molecule has 6 heteroatoms. The normalized spacial score (nSPS) is 12.2. The van der Waals surface area contributed by atoms with Crippen LogP contribution in [0.5, 0.6) is 0 Å². The molecule has 0 heterocycles. The zero-order chi connectivity index (χ0) is 12.3. The molecule has 1 aromatic carbocycles. The summed E-state index contributed by atoms with van der Waals surface area (Å²) >= 11 is 11.6. The van der Waals surface area contributed by atoms with Crippen molar-refractivity contribution in [3.8, 4) is 0 Å². The van der Waals surface area contributed by atoms with Crippen molar-refractivity contribution in [2.75, 3.05) is 13.6 Å². The van der Waals surface area contributed by atoms with Crippen LogP contribution in [0.15, 0.2) is 12.1 Å². The summed E-state index contributed by atoms with van der Waals surface area (Å²) in [6.07, 6.45) is -4.23. The van der Waals surface area contributed by atoms with Crippen LogP contribution in [-0.2, 0) is 6.54 Å². The first-order valence-corrected chi connectivity index (χ1v) is 5.15. The third-order valence-corrected chi connectivity index (χ3v) is 2.56. The monoisotopic (exact) mass is 270 g/mol. The fraction of sp³-hybridized carbons (Fsp3) is 0.400. The number of alkyl halides is 3. The second-order valence-electron chi connectivity index (χ2n) is 3.41. The van der Waals surface area contributed by atoms with E-state index in [1.165, 1.54) is 13.1 Å². The van der Waals surface area contributed by atoms with Gasteiger partial charge >= 0.3 is 6.18 Å². The highest BCUT2D eigenvalue weighted by molar-refractivity contribution is 6.35. The lowest BCUT2D eigenvalue weighted by Gasteiger charge is -2.19. The minimum absolute atomic E-state index is 0.0362. The second kappa shape index (κ2) is 5.25. The highest BCUT2D eigenvalue weighted by Gasteiger charge is 2.29. The fourth-order valence-electron chi connectivity index (χ4n) is 1.26. The number of benzene rings is 1. The summed E-state index contributed by atoms with van der Waals surface area (Å²) < 4.78 is 36.3. The molecule has 1 rings (SSSR count). The van der Waals surface area contributed by atoms with Crippen molar-refractivity contribution in [1.82, 2.24) is 4.90 Å². The summed E-state index contributed by atoms with van der Waals surface area (Å²) in [4.78, 5) is 1.10. The van der Waals surface area contributed by atoms with E-state index in [1.54, 1.807) is 6.07 Å².